The van der Waals surface area contributed by atoms with E-state index in [1.54, 1.807) is 25.3 Å². The molecule has 37 heavy (non-hydrogen) atoms. The number of benzene rings is 3. The summed E-state index contributed by atoms with van der Waals surface area (Å²) in [7, 11) is 1.57. The first kappa shape index (κ1) is 26.1. The molecule has 0 unspecified atom stereocenters. The number of fused-ring (bicyclic) bond motifs is 1. The van der Waals surface area contributed by atoms with Gasteiger partial charge in [0.25, 0.3) is 11.8 Å². The minimum Gasteiger partial charge on any atom is -0.383 e. The zero-order chi connectivity index (χ0) is 26.6. The normalized spacial score (nSPS) is 11.5. The smallest absolute Gasteiger partial charge is 0.268 e. The number of halogens is 1. The highest BCUT2D eigenvalue weighted by Crippen LogP contribution is 2.26. The summed E-state index contributed by atoms with van der Waals surface area (Å²) in [6.07, 6.45) is 0. The zero-order valence-corrected chi connectivity index (χ0v) is 21.6. The predicted molar refractivity (Wildman–Crippen MR) is 145 cm³/mol. The molecule has 0 spiro atoms. The molecule has 2 amide bonds. The minimum atomic E-state index is -0.333. The number of carbonyl (C=O) groups excluding carboxylic acids is 2. The summed E-state index contributed by atoms with van der Waals surface area (Å²) < 4.78 is 20.7. The summed E-state index contributed by atoms with van der Waals surface area (Å²) in [6, 6.07) is 21.2. The van der Waals surface area contributed by atoms with Crippen LogP contribution in [0.3, 0.4) is 0 Å². The van der Waals surface area contributed by atoms with Gasteiger partial charge in [-0.15, -0.1) is 0 Å². The number of amides is 2. The van der Waals surface area contributed by atoms with Crippen molar-refractivity contribution in [3.05, 3.63) is 101 Å². The molecular formula is C30H32FN3O3. The van der Waals surface area contributed by atoms with E-state index in [0.29, 0.717) is 36.6 Å². The molecule has 3 aromatic carbocycles. The highest BCUT2D eigenvalue weighted by Gasteiger charge is 2.18. The molecule has 0 saturated carbocycles. The molecule has 192 valence electrons. The lowest BCUT2D eigenvalue weighted by Crippen LogP contribution is -2.29. The molecule has 0 aliphatic heterocycles. The van der Waals surface area contributed by atoms with Crippen LogP contribution in [0.1, 0.15) is 52.7 Å². The van der Waals surface area contributed by atoms with Crippen LogP contribution in [0.15, 0.2) is 72.8 Å². The highest BCUT2D eigenvalue weighted by atomic mass is 19.1. The Labute approximate surface area is 216 Å². The van der Waals surface area contributed by atoms with Crippen LogP contribution < -0.4 is 10.6 Å². The molecule has 0 saturated heterocycles. The molecule has 0 atom stereocenters. The number of anilines is 1. The van der Waals surface area contributed by atoms with E-state index in [1.807, 2.05) is 47.0 Å². The third-order valence-corrected chi connectivity index (χ3v) is 6.23. The van der Waals surface area contributed by atoms with Gasteiger partial charge in [0, 0.05) is 42.4 Å². The van der Waals surface area contributed by atoms with E-state index < -0.39 is 0 Å². The maximum absolute atomic E-state index is 13.8. The Morgan fingerprint density at radius 3 is 2.38 bits per heavy atom. The van der Waals surface area contributed by atoms with Crippen LogP contribution in [0.2, 0.25) is 0 Å². The average Bonchev–Trinajstić information content (AvgIpc) is 3.21. The van der Waals surface area contributed by atoms with Gasteiger partial charge >= 0.3 is 0 Å². The fraction of sp³-hybridized carbons (Fsp3) is 0.267. The Hall–Kier alpha value is -3.97. The molecule has 1 aromatic heterocycles. The van der Waals surface area contributed by atoms with E-state index in [0.717, 1.165) is 22.0 Å². The van der Waals surface area contributed by atoms with E-state index >= 15 is 0 Å². The lowest BCUT2D eigenvalue weighted by atomic mass is 9.87. The summed E-state index contributed by atoms with van der Waals surface area (Å²) in [5.74, 6) is -0.800. The van der Waals surface area contributed by atoms with E-state index in [9.17, 15) is 14.0 Å². The fourth-order valence-electron chi connectivity index (χ4n) is 4.21. The van der Waals surface area contributed by atoms with Crippen molar-refractivity contribution in [2.75, 3.05) is 25.6 Å². The maximum atomic E-state index is 13.8. The number of hydrogen-bond acceptors (Lipinski definition) is 3. The van der Waals surface area contributed by atoms with Gasteiger partial charge in [0.1, 0.15) is 11.5 Å². The van der Waals surface area contributed by atoms with Crippen molar-refractivity contribution in [3.8, 4) is 0 Å². The molecule has 0 bridgehead atoms. The molecule has 0 aliphatic carbocycles. The number of carbonyl (C=O) groups is 2. The Balaban J connectivity index is 1.62. The number of rotatable bonds is 8. The van der Waals surface area contributed by atoms with Gasteiger partial charge in [0.15, 0.2) is 0 Å². The lowest BCUT2D eigenvalue weighted by molar-refractivity contribution is 0.0928. The monoisotopic (exact) mass is 501 g/mol. The standard InChI is InChI=1S/C30H32FN3O3/c1-30(2,3)23-10-8-21(9-11-23)28(35)33-25-12-13-26-22(17-25)18-27(29(36)32-14-15-37-4)34(26)19-20-6-5-7-24(31)16-20/h5-13,16-18H,14-15,19H2,1-4H3,(H,32,36)(H,33,35). The van der Waals surface area contributed by atoms with Crippen molar-refractivity contribution >= 4 is 28.4 Å². The van der Waals surface area contributed by atoms with Gasteiger partial charge in [0.2, 0.25) is 0 Å². The first-order chi connectivity index (χ1) is 17.7. The molecular weight excluding hydrogens is 469 g/mol. The third kappa shape index (κ3) is 6.24. The second kappa shape index (κ2) is 11.0. The first-order valence-electron chi connectivity index (χ1n) is 12.2. The highest BCUT2D eigenvalue weighted by molar-refractivity contribution is 6.06. The van der Waals surface area contributed by atoms with Gasteiger partial charge in [0.05, 0.1) is 6.61 Å². The van der Waals surface area contributed by atoms with Gasteiger partial charge in [-0.25, -0.2) is 4.39 Å². The third-order valence-electron chi connectivity index (χ3n) is 6.23. The van der Waals surface area contributed by atoms with Crippen LogP contribution in [0.25, 0.3) is 10.9 Å². The van der Waals surface area contributed by atoms with E-state index in [-0.39, 0.29) is 23.0 Å². The molecule has 2 N–H and O–H groups in total. The number of nitrogens with one attached hydrogen (secondary N) is 2. The van der Waals surface area contributed by atoms with Gasteiger partial charge in [-0.3, -0.25) is 9.59 Å². The van der Waals surface area contributed by atoms with Crippen molar-refractivity contribution in [1.82, 2.24) is 9.88 Å². The van der Waals surface area contributed by atoms with Crippen LogP contribution in [0.4, 0.5) is 10.1 Å². The quantitative estimate of drug-likeness (QED) is 0.302. The summed E-state index contributed by atoms with van der Waals surface area (Å²) in [5.41, 5.74) is 4.32. The van der Waals surface area contributed by atoms with Crippen molar-refractivity contribution in [1.29, 1.82) is 0 Å². The van der Waals surface area contributed by atoms with E-state index in [2.05, 4.69) is 31.4 Å². The van der Waals surface area contributed by atoms with Crippen molar-refractivity contribution in [2.45, 2.75) is 32.7 Å². The Morgan fingerprint density at radius 1 is 0.946 bits per heavy atom. The van der Waals surface area contributed by atoms with Gasteiger partial charge < -0.3 is 19.9 Å². The van der Waals surface area contributed by atoms with Crippen LogP contribution in [-0.2, 0) is 16.7 Å². The maximum Gasteiger partial charge on any atom is 0.268 e. The molecule has 0 aliphatic rings. The van der Waals surface area contributed by atoms with Crippen molar-refractivity contribution < 1.29 is 18.7 Å². The van der Waals surface area contributed by atoms with Crippen LogP contribution >= 0.6 is 0 Å². The summed E-state index contributed by atoms with van der Waals surface area (Å²) in [6.45, 7) is 7.46. The second-order valence-corrected chi connectivity index (χ2v) is 10.0. The molecule has 1 heterocycles. The lowest BCUT2D eigenvalue weighted by Gasteiger charge is -2.19. The zero-order valence-electron chi connectivity index (χ0n) is 21.6. The SMILES string of the molecule is COCCNC(=O)c1cc2cc(NC(=O)c3ccc(C(C)(C)C)cc3)ccc2n1Cc1cccc(F)c1. The van der Waals surface area contributed by atoms with Crippen LogP contribution in [0.5, 0.6) is 0 Å². The predicted octanol–water partition coefficient (Wildman–Crippen LogP) is 5.75. The van der Waals surface area contributed by atoms with Crippen LogP contribution in [0, 0.1) is 5.82 Å². The summed E-state index contributed by atoms with van der Waals surface area (Å²) >= 11 is 0. The van der Waals surface area contributed by atoms with E-state index in [1.165, 1.54) is 12.1 Å². The molecule has 6 nitrogen and oxygen atoms in total. The summed E-state index contributed by atoms with van der Waals surface area (Å²) in [5, 5.41) is 6.59. The van der Waals surface area contributed by atoms with Crippen molar-refractivity contribution in [2.24, 2.45) is 0 Å². The summed E-state index contributed by atoms with van der Waals surface area (Å²) in [4.78, 5) is 25.9. The fourth-order valence-corrected chi connectivity index (χ4v) is 4.21. The average molecular weight is 502 g/mol. The Morgan fingerprint density at radius 2 is 1.70 bits per heavy atom. The number of ether oxygens (including phenoxy) is 1. The second-order valence-electron chi connectivity index (χ2n) is 10.0. The van der Waals surface area contributed by atoms with Gasteiger partial charge in [-0.2, -0.15) is 0 Å². The van der Waals surface area contributed by atoms with Gasteiger partial charge in [-0.05, 0) is 65.1 Å². The van der Waals surface area contributed by atoms with Gasteiger partial charge in [-0.1, -0.05) is 45.0 Å². The molecule has 0 fully saturated rings. The molecule has 4 aromatic rings. The van der Waals surface area contributed by atoms with E-state index in [4.69, 9.17) is 4.74 Å². The van der Waals surface area contributed by atoms with Crippen LogP contribution in [-0.4, -0.2) is 36.6 Å². The largest absolute Gasteiger partial charge is 0.383 e. The minimum absolute atomic E-state index is 0.00623. The number of hydrogen-bond donors (Lipinski definition) is 2. The van der Waals surface area contributed by atoms with Crippen molar-refractivity contribution in [3.63, 3.8) is 0 Å². The Bertz CT molecular complexity index is 1420. The number of nitrogens with zero attached hydrogens (tertiary/aromatic N) is 1. The molecule has 7 heteroatoms. The topological polar surface area (TPSA) is 72.4 Å². The first-order valence-corrected chi connectivity index (χ1v) is 12.2. The number of methoxy groups -OCH3 is 1. The molecule has 0 radical (unpaired) electrons. The molecule has 4 rings (SSSR count). The Kier molecular flexibility index (Phi) is 7.74. The number of aromatic nitrogens is 1.